The van der Waals surface area contributed by atoms with Crippen LogP contribution in [0.3, 0.4) is 0 Å². The Balaban J connectivity index is 0.00000288. The highest BCUT2D eigenvalue weighted by molar-refractivity contribution is 9.10. The number of amides is 1. The molecule has 136 valence electrons. The molecule has 0 aliphatic heterocycles. The first-order valence-electron chi connectivity index (χ1n) is 7.53. The molecule has 1 aliphatic rings. The van der Waals surface area contributed by atoms with Gasteiger partial charge in [-0.3, -0.25) is 4.79 Å². The summed E-state index contributed by atoms with van der Waals surface area (Å²) in [5.74, 6) is -1.62. The second-order valence-electron chi connectivity index (χ2n) is 6.27. The number of alkyl halides is 3. The highest BCUT2D eigenvalue weighted by Crippen LogP contribution is 2.37. The molecule has 1 saturated carbocycles. The summed E-state index contributed by atoms with van der Waals surface area (Å²) in [6, 6.07) is 6.85. The molecule has 1 amide bonds. The predicted octanol–water partition coefficient (Wildman–Crippen LogP) is 4.28. The molecule has 0 radical (unpaired) electrons. The number of nitrogens with two attached hydrogens (primary N) is 1. The van der Waals surface area contributed by atoms with Gasteiger partial charge in [-0.2, -0.15) is 13.2 Å². The van der Waals surface area contributed by atoms with Gasteiger partial charge in [0.2, 0.25) is 5.91 Å². The van der Waals surface area contributed by atoms with Crippen molar-refractivity contribution in [3.63, 3.8) is 0 Å². The van der Waals surface area contributed by atoms with Crippen molar-refractivity contribution in [1.29, 1.82) is 0 Å². The van der Waals surface area contributed by atoms with Crippen LogP contribution >= 0.6 is 28.3 Å². The van der Waals surface area contributed by atoms with Crippen LogP contribution in [-0.4, -0.2) is 18.1 Å². The van der Waals surface area contributed by atoms with E-state index in [0.29, 0.717) is 18.4 Å². The third kappa shape index (κ3) is 5.10. The molecule has 0 spiro atoms. The molecule has 24 heavy (non-hydrogen) atoms. The number of nitrogens with one attached hydrogen (secondary N) is 1. The fourth-order valence-electron chi connectivity index (χ4n) is 2.83. The van der Waals surface area contributed by atoms with Crippen molar-refractivity contribution >= 4 is 34.2 Å². The maximum absolute atomic E-state index is 12.7. The van der Waals surface area contributed by atoms with Crippen molar-refractivity contribution < 1.29 is 18.0 Å². The summed E-state index contributed by atoms with van der Waals surface area (Å²) in [6.07, 6.45) is -3.39. The molecule has 3 N–H and O–H groups in total. The molecule has 1 unspecified atom stereocenters. The largest absolute Gasteiger partial charge is 0.391 e. The van der Waals surface area contributed by atoms with Crippen molar-refractivity contribution in [2.24, 2.45) is 11.7 Å². The lowest BCUT2D eigenvalue weighted by Crippen LogP contribution is -2.52. The summed E-state index contributed by atoms with van der Waals surface area (Å²) in [5.41, 5.74) is 5.57. The van der Waals surface area contributed by atoms with E-state index in [0.717, 1.165) is 4.47 Å². The predicted molar refractivity (Wildman–Crippen MR) is 92.9 cm³/mol. The van der Waals surface area contributed by atoms with Crippen LogP contribution in [0.15, 0.2) is 28.7 Å². The monoisotopic (exact) mass is 428 g/mol. The van der Waals surface area contributed by atoms with Crippen molar-refractivity contribution in [1.82, 2.24) is 5.32 Å². The highest BCUT2D eigenvalue weighted by atomic mass is 79.9. The van der Waals surface area contributed by atoms with E-state index in [-0.39, 0.29) is 37.2 Å². The number of hydrogen-bond donors (Lipinski definition) is 2. The van der Waals surface area contributed by atoms with E-state index in [9.17, 15) is 18.0 Å². The molecular formula is C16H21BrClF3N2O. The van der Waals surface area contributed by atoms with Crippen LogP contribution in [0.2, 0.25) is 0 Å². The van der Waals surface area contributed by atoms with Gasteiger partial charge in [0.25, 0.3) is 0 Å². The molecule has 1 aromatic carbocycles. The molecule has 0 saturated heterocycles. The zero-order valence-corrected chi connectivity index (χ0v) is 15.6. The van der Waals surface area contributed by atoms with Gasteiger partial charge in [-0.05, 0) is 50.3 Å². The summed E-state index contributed by atoms with van der Waals surface area (Å²) in [7, 11) is 0. The average molecular weight is 430 g/mol. The van der Waals surface area contributed by atoms with Crippen LogP contribution in [0.25, 0.3) is 0 Å². The molecular weight excluding hydrogens is 409 g/mol. The number of benzene rings is 1. The third-order valence-electron chi connectivity index (χ3n) is 4.44. The lowest BCUT2D eigenvalue weighted by Gasteiger charge is -2.33. The van der Waals surface area contributed by atoms with Crippen molar-refractivity contribution in [2.45, 2.75) is 50.4 Å². The second-order valence-corrected chi connectivity index (χ2v) is 7.19. The van der Waals surface area contributed by atoms with E-state index >= 15 is 0 Å². The second kappa shape index (κ2) is 8.06. The molecule has 0 aromatic heterocycles. The Bertz CT molecular complexity index is 555. The smallest absolute Gasteiger partial charge is 0.351 e. The van der Waals surface area contributed by atoms with E-state index in [1.165, 1.54) is 0 Å². The van der Waals surface area contributed by atoms with Gasteiger partial charge in [0.1, 0.15) is 5.54 Å². The number of hydrogen-bond acceptors (Lipinski definition) is 2. The van der Waals surface area contributed by atoms with E-state index in [1.54, 1.807) is 31.2 Å². The Labute approximate surface area is 154 Å². The van der Waals surface area contributed by atoms with Gasteiger partial charge in [-0.25, -0.2) is 0 Å². The molecule has 8 heteroatoms. The first-order chi connectivity index (χ1) is 10.6. The lowest BCUT2D eigenvalue weighted by molar-refractivity contribution is -0.182. The minimum absolute atomic E-state index is 0. The molecule has 2 rings (SSSR count). The Kier molecular flexibility index (Phi) is 7.14. The number of carbonyl (C=O) groups is 1. The van der Waals surface area contributed by atoms with E-state index in [4.69, 9.17) is 5.73 Å². The third-order valence-corrected chi connectivity index (χ3v) is 4.97. The molecule has 1 atom stereocenters. The quantitative estimate of drug-likeness (QED) is 0.753. The Morgan fingerprint density at radius 2 is 1.67 bits per heavy atom. The first-order valence-corrected chi connectivity index (χ1v) is 8.32. The molecule has 1 fully saturated rings. The van der Waals surface area contributed by atoms with Crippen molar-refractivity contribution in [3.8, 4) is 0 Å². The topological polar surface area (TPSA) is 55.1 Å². The fourth-order valence-corrected chi connectivity index (χ4v) is 3.09. The van der Waals surface area contributed by atoms with Crippen molar-refractivity contribution in [2.75, 3.05) is 0 Å². The van der Waals surface area contributed by atoms with Gasteiger partial charge in [-0.15, -0.1) is 12.4 Å². The van der Waals surface area contributed by atoms with E-state index in [2.05, 4.69) is 21.2 Å². The summed E-state index contributed by atoms with van der Waals surface area (Å²) in [4.78, 5) is 12.4. The summed E-state index contributed by atoms with van der Waals surface area (Å²) >= 11 is 3.32. The Morgan fingerprint density at radius 1 is 1.17 bits per heavy atom. The minimum Gasteiger partial charge on any atom is -0.351 e. The molecule has 1 aliphatic carbocycles. The molecule has 0 bridgehead atoms. The SMILES string of the molecule is CC(N)(C(=O)NC1CCC(C(F)(F)F)CC1)c1ccc(Br)cc1.Cl. The van der Waals surface area contributed by atoms with E-state index in [1.807, 2.05) is 0 Å². The lowest BCUT2D eigenvalue weighted by atomic mass is 9.84. The van der Waals surface area contributed by atoms with Crippen LogP contribution in [-0.2, 0) is 10.3 Å². The first kappa shape index (κ1) is 21.3. The zero-order valence-electron chi connectivity index (χ0n) is 13.2. The fraction of sp³-hybridized carbons (Fsp3) is 0.562. The number of carbonyl (C=O) groups excluding carboxylic acids is 1. The summed E-state index contributed by atoms with van der Waals surface area (Å²) in [6.45, 7) is 1.60. The number of halogens is 5. The molecule has 0 heterocycles. The van der Waals surface area contributed by atoms with Crippen LogP contribution in [0.4, 0.5) is 13.2 Å². The van der Waals surface area contributed by atoms with E-state index < -0.39 is 17.6 Å². The zero-order chi connectivity index (χ0) is 17.3. The van der Waals surface area contributed by atoms with Gasteiger partial charge < -0.3 is 11.1 Å². The Hall–Kier alpha value is -0.790. The van der Waals surface area contributed by atoms with Crippen LogP contribution < -0.4 is 11.1 Å². The summed E-state index contributed by atoms with van der Waals surface area (Å²) in [5, 5.41) is 2.80. The van der Waals surface area contributed by atoms with Gasteiger partial charge >= 0.3 is 6.18 Å². The van der Waals surface area contributed by atoms with Crippen molar-refractivity contribution in [3.05, 3.63) is 34.3 Å². The average Bonchev–Trinajstić information content (AvgIpc) is 2.47. The van der Waals surface area contributed by atoms with Gasteiger partial charge in [-0.1, -0.05) is 28.1 Å². The van der Waals surface area contributed by atoms with Crippen LogP contribution in [0.5, 0.6) is 0 Å². The highest BCUT2D eigenvalue weighted by Gasteiger charge is 2.42. The number of rotatable bonds is 3. The molecule has 3 nitrogen and oxygen atoms in total. The standard InChI is InChI=1S/C16H20BrF3N2O.ClH/c1-15(21,10-2-6-12(17)7-3-10)14(23)22-13-8-4-11(5-9-13)16(18,19)20;/h2-3,6-7,11,13H,4-5,8-9,21H2,1H3,(H,22,23);1H. The summed E-state index contributed by atoms with van der Waals surface area (Å²) < 4.78 is 38.9. The molecule has 1 aromatic rings. The minimum atomic E-state index is -4.14. The van der Waals surface area contributed by atoms with Gasteiger partial charge in [0.15, 0.2) is 0 Å². The Morgan fingerprint density at radius 3 is 2.12 bits per heavy atom. The van der Waals surface area contributed by atoms with Gasteiger partial charge in [0, 0.05) is 10.5 Å². The van der Waals surface area contributed by atoms with Crippen LogP contribution in [0.1, 0.15) is 38.2 Å². The maximum Gasteiger partial charge on any atom is 0.391 e. The van der Waals surface area contributed by atoms with Crippen LogP contribution in [0, 0.1) is 5.92 Å². The maximum atomic E-state index is 12.7. The normalized spacial score (nSPS) is 23.8. The van der Waals surface area contributed by atoms with Gasteiger partial charge in [0.05, 0.1) is 5.92 Å².